The Morgan fingerprint density at radius 3 is 3.11 bits per heavy atom. The van der Waals surface area contributed by atoms with E-state index >= 15 is 0 Å². The molecule has 0 bridgehead atoms. The summed E-state index contributed by atoms with van der Waals surface area (Å²) in [5, 5.41) is 0.143. The maximum atomic E-state index is 11.7. The third-order valence-corrected chi connectivity index (χ3v) is 3.64. The number of rotatable bonds is 4. The number of thioether (sulfide) groups is 1. The molecule has 1 aromatic carbocycles. The molecule has 0 unspecified atom stereocenters. The second-order valence-electron chi connectivity index (χ2n) is 4.31. The fourth-order valence-corrected chi connectivity index (χ4v) is 2.41. The number of allylic oxidation sites excluding steroid dienone is 1. The van der Waals surface area contributed by atoms with Crippen molar-refractivity contribution in [2.75, 3.05) is 12.4 Å². The SMILES string of the molecule is CC(=O)SCCC=Cc1ccc2c(c1)C(=O)CCO2. The summed E-state index contributed by atoms with van der Waals surface area (Å²) in [5.41, 5.74) is 1.66. The monoisotopic (exact) mass is 276 g/mol. The first-order valence-corrected chi connectivity index (χ1v) is 7.25. The van der Waals surface area contributed by atoms with Crippen molar-refractivity contribution in [3.05, 3.63) is 35.4 Å². The Morgan fingerprint density at radius 1 is 1.47 bits per heavy atom. The zero-order valence-corrected chi connectivity index (χ0v) is 11.7. The van der Waals surface area contributed by atoms with Crippen molar-refractivity contribution >= 4 is 28.7 Å². The number of hydrogen-bond donors (Lipinski definition) is 0. The van der Waals surface area contributed by atoms with Crippen molar-refractivity contribution in [3.63, 3.8) is 0 Å². The summed E-state index contributed by atoms with van der Waals surface area (Å²) >= 11 is 1.33. The van der Waals surface area contributed by atoms with E-state index in [0.29, 0.717) is 24.3 Å². The van der Waals surface area contributed by atoms with Crippen LogP contribution in [0.3, 0.4) is 0 Å². The average molecular weight is 276 g/mol. The lowest BCUT2D eigenvalue weighted by Crippen LogP contribution is -2.15. The largest absolute Gasteiger partial charge is 0.492 e. The van der Waals surface area contributed by atoms with E-state index in [0.717, 1.165) is 17.7 Å². The summed E-state index contributed by atoms with van der Waals surface area (Å²) in [5.74, 6) is 1.61. The van der Waals surface area contributed by atoms with Gasteiger partial charge in [-0.25, -0.2) is 0 Å². The van der Waals surface area contributed by atoms with E-state index in [1.807, 2.05) is 30.4 Å². The normalized spacial score (nSPS) is 14.3. The first-order valence-electron chi connectivity index (χ1n) is 6.27. The van der Waals surface area contributed by atoms with E-state index in [4.69, 9.17) is 4.74 Å². The van der Waals surface area contributed by atoms with Gasteiger partial charge in [0.25, 0.3) is 0 Å². The molecule has 0 N–H and O–H groups in total. The van der Waals surface area contributed by atoms with Crippen molar-refractivity contribution in [3.8, 4) is 5.75 Å². The van der Waals surface area contributed by atoms with E-state index in [-0.39, 0.29) is 10.9 Å². The highest BCUT2D eigenvalue weighted by atomic mass is 32.2. The summed E-state index contributed by atoms with van der Waals surface area (Å²) < 4.78 is 5.43. The molecule has 100 valence electrons. The highest BCUT2D eigenvalue weighted by molar-refractivity contribution is 8.13. The van der Waals surface area contributed by atoms with Gasteiger partial charge in [0.15, 0.2) is 10.9 Å². The van der Waals surface area contributed by atoms with Gasteiger partial charge < -0.3 is 4.74 Å². The van der Waals surface area contributed by atoms with Gasteiger partial charge in [-0.1, -0.05) is 30.0 Å². The lowest BCUT2D eigenvalue weighted by molar-refractivity contribution is -0.109. The Bertz CT molecular complexity index is 520. The van der Waals surface area contributed by atoms with Crippen molar-refractivity contribution in [1.82, 2.24) is 0 Å². The van der Waals surface area contributed by atoms with Gasteiger partial charge in [0, 0.05) is 19.1 Å². The molecule has 1 aliphatic rings. The molecule has 1 aromatic rings. The molecular formula is C15H16O3S. The maximum Gasteiger partial charge on any atom is 0.185 e. The van der Waals surface area contributed by atoms with Crippen LogP contribution in [0.2, 0.25) is 0 Å². The number of fused-ring (bicyclic) bond motifs is 1. The Kier molecular flexibility index (Phi) is 4.80. The van der Waals surface area contributed by atoms with E-state index in [9.17, 15) is 9.59 Å². The molecule has 0 saturated carbocycles. The third-order valence-electron chi connectivity index (χ3n) is 2.79. The van der Waals surface area contributed by atoms with Crippen molar-refractivity contribution in [1.29, 1.82) is 0 Å². The number of ether oxygens (including phenoxy) is 1. The third kappa shape index (κ3) is 3.96. The van der Waals surface area contributed by atoms with Crippen LogP contribution in [0.4, 0.5) is 0 Å². The second-order valence-corrected chi connectivity index (χ2v) is 5.58. The minimum absolute atomic E-state index is 0.142. The quantitative estimate of drug-likeness (QED) is 0.791. The molecule has 4 heteroatoms. The van der Waals surface area contributed by atoms with Crippen LogP contribution in [0.5, 0.6) is 5.75 Å². The van der Waals surface area contributed by atoms with Gasteiger partial charge in [-0.05, 0) is 24.1 Å². The molecule has 0 amide bonds. The molecule has 0 fully saturated rings. The lowest BCUT2D eigenvalue weighted by Gasteiger charge is -2.16. The van der Waals surface area contributed by atoms with Gasteiger partial charge >= 0.3 is 0 Å². The Labute approximate surface area is 117 Å². The van der Waals surface area contributed by atoms with Crippen LogP contribution in [-0.4, -0.2) is 23.3 Å². The average Bonchev–Trinajstić information content (AvgIpc) is 2.39. The first kappa shape index (κ1) is 13.9. The van der Waals surface area contributed by atoms with E-state index < -0.39 is 0 Å². The van der Waals surface area contributed by atoms with Crippen molar-refractivity contribution in [2.24, 2.45) is 0 Å². The van der Waals surface area contributed by atoms with Gasteiger partial charge in [0.2, 0.25) is 0 Å². The summed E-state index contributed by atoms with van der Waals surface area (Å²) in [7, 11) is 0. The molecule has 0 aromatic heterocycles. The van der Waals surface area contributed by atoms with Crippen LogP contribution >= 0.6 is 11.8 Å². The Balaban J connectivity index is 1.98. The molecule has 1 heterocycles. The van der Waals surface area contributed by atoms with E-state index in [1.54, 1.807) is 6.92 Å². The zero-order valence-electron chi connectivity index (χ0n) is 10.8. The maximum absolute atomic E-state index is 11.7. The van der Waals surface area contributed by atoms with Gasteiger partial charge in [0.05, 0.1) is 12.2 Å². The highest BCUT2D eigenvalue weighted by Gasteiger charge is 2.17. The smallest absolute Gasteiger partial charge is 0.185 e. The molecule has 19 heavy (non-hydrogen) atoms. The molecule has 0 radical (unpaired) electrons. The first-order chi connectivity index (χ1) is 9.16. The summed E-state index contributed by atoms with van der Waals surface area (Å²) in [6, 6.07) is 5.65. The van der Waals surface area contributed by atoms with Crippen LogP contribution in [0.25, 0.3) is 6.08 Å². The van der Waals surface area contributed by atoms with Crippen LogP contribution in [-0.2, 0) is 4.79 Å². The fraction of sp³-hybridized carbons (Fsp3) is 0.333. The molecule has 0 aliphatic carbocycles. The predicted molar refractivity (Wildman–Crippen MR) is 77.7 cm³/mol. The number of hydrogen-bond acceptors (Lipinski definition) is 4. The minimum Gasteiger partial charge on any atom is -0.492 e. The molecule has 3 nitrogen and oxygen atoms in total. The second kappa shape index (κ2) is 6.57. The van der Waals surface area contributed by atoms with Gasteiger partial charge in [0.1, 0.15) is 5.75 Å². The number of benzene rings is 1. The van der Waals surface area contributed by atoms with Crippen LogP contribution in [0.15, 0.2) is 24.3 Å². The van der Waals surface area contributed by atoms with Crippen LogP contribution in [0.1, 0.15) is 35.7 Å². The van der Waals surface area contributed by atoms with Crippen molar-refractivity contribution < 1.29 is 14.3 Å². The standard InChI is InChI=1S/C15H16O3S/c1-11(16)19-9-3-2-4-12-5-6-15-13(10-12)14(17)7-8-18-15/h2,4-6,10H,3,7-9H2,1H3. The number of Topliss-reactive ketones (excluding diaryl/α,β-unsaturated/α-hetero) is 1. The minimum atomic E-state index is 0.142. The Morgan fingerprint density at radius 2 is 2.32 bits per heavy atom. The highest BCUT2D eigenvalue weighted by Crippen LogP contribution is 2.26. The lowest BCUT2D eigenvalue weighted by atomic mass is 10.0. The van der Waals surface area contributed by atoms with Gasteiger partial charge in [-0.2, -0.15) is 0 Å². The van der Waals surface area contributed by atoms with Gasteiger partial charge in [-0.3, -0.25) is 9.59 Å². The number of ketones is 1. The van der Waals surface area contributed by atoms with Crippen molar-refractivity contribution in [2.45, 2.75) is 19.8 Å². The summed E-state index contributed by atoms with van der Waals surface area (Å²) in [4.78, 5) is 22.5. The molecule has 0 spiro atoms. The summed E-state index contributed by atoms with van der Waals surface area (Å²) in [6.45, 7) is 2.05. The fourth-order valence-electron chi connectivity index (χ4n) is 1.87. The summed E-state index contributed by atoms with van der Waals surface area (Å²) in [6.07, 6.45) is 5.29. The van der Waals surface area contributed by atoms with Crippen LogP contribution in [0, 0.1) is 0 Å². The number of carbonyl (C=O) groups is 2. The van der Waals surface area contributed by atoms with Crippen LogP contribution < -0.4 is 4.74 Å². The molecule has 1 aliphatic heterocycles. The van der Waals surface area contributed by atoms with E-state index in [2.05, 4.69) is 0 Å². The predicted octanol–water partition coefficient (Wildman–Crippen LogP) is 3.33. The molecule has 0 atom stereocenters. The molecular weight excluding hydrogens is 260 g/mol. The van der Waals surface area contributed by atoms with E-state index in [1.165, 1.54) is 11.8 Å². The van der Waals surface area contributed by atoms with Gasteiger partial charge in [-0.15, -0.1) is 0 Å². The Hall–Kier alpha value is -1.55. The zero-order chi connectivity index (χ0) is 13.7. The topological polar surface area (TPSA) is 43.4 Å². The molecule has 2 rings (SSSR count). The number of carbonyl (C=O) groups excluding carboxylic acids is 2. The molecule has 0 saturated heterocycles.